The SMILES string of the molecule is COC(=O)[C@H](CS[C@H]1O[C@H](COC(C)=O)[C@@H](OC(C)=O)[C@H](OC(C)=O)[C@H]1OC(C)=O)NC(=O)[C@@H](N)Cc1c[nH]c2ccccc12. The minimum absolute atomic E-state index is 0.175. The molecule has 0 bridgehead atoms. The largest absolute Gasteiger partial charge is 0.467 e. The van der Waals surface area contributed by atoms with Crippen LogP contribution in [0.5, 0.6) is 0 Å². The van der Waals surface area contributed by atoms with Gasteiger partial charge in [0.1, 0.15) is 24.2 Å². The molecule has 0 unspecified atom stereocenters. The van der Waals surface area contributed by atoms with E-state index in [2.05, 4.69) is 10.3 Å². The van der Waals surface area contributed by atoms with Crippen molar-refractivity contribution < 1.29 is 57.2 Å². The molecule has 0 spiro atoms. The summed E-state index contributed by atoms with van der Waals surface area (Å²) in [5, 5.41) is 3.50. The first-order chi connectivity index (χ1) is 21.3. The molecule has 0 radical (unpaired) electrons. The van der Waals surface area contributed by atoms with Crippen molar-refractivity contribution in [1.29, 1.82) is 0 Å². The van der Waals surface area contributed by atoms with E-state index in [1.807, 2.05) is 24.3 Å². The van der Waals surface area contributed by atoms with Gasteiger partial charge in [0.15, 0.2) is 18.3 Å². The minimum Gasteiger partial charge on any atom is -0.467 e. The molecule has 1 aromatic carbocycles. The van der Waals surface area contributed by atoms with Gasteiger partial charge in [-0.3, -0.25) is 24.0 Å². The monoisotopic (exact) mass is 651 g/mol. The van der Waals surface area contributed by atoms with Crippen LogP contribution in [0, 0.1) is 0 Å². The van der Waals surface area contributed by atoms with Gasteiger partial charge in [-0.2, -0.15) is 0 Å². The zero-order valence-electron chi connectivity index (χ0n) is 25.4. The van der Waals surface area contributed by atoms with Gasteiger partial charge in [-0.05, 0) is 18.1 Å². The maximum Gasteiger partial charge on any atom is 0.329 e. The molecule has 15 nitrogen and oxygen atoms in total. The molecule has 16 heteroatoms. The van der Waals surface area contributed by atoms with E-state index in [4.69, 9.17) is 34.2 Å². The van der Waals surface area contributed by atoms with Crippen LogP contribution in [-0.2, 0) is 63.6 Å². The van der Waals surface area contributed by atoms with Gasteiger partial charge in [0.05, 0.1) is 13.2 Å². The molecule has 7 atom stereocenters. The van der Waals surface area contributed by atoms with Crippen molar-refractivity contribution in [2.75, 3.05) is 19.5 Å². The maximum absolute atomic E-state index is 13.1. The quantitative estimate of drug-likeness (QED) is 0.199. The number of H-pyrrole nitrogens is 1. The summed E-state index contributed by atoms with van der Waals surface area (Å²) in [5.74, 6) is -4.57. The Labute approximate surface area is 263 Å². The molecule has 1 aromatic heterocycles. The topological polar surface area (TPSA) is 212 Å². The molecule has 2 heterocycles. The van der Waals surface area contributed by atoms with Crippen molar-refractivity contribution in [1.82, 2.24) is 10.3 Å². The van der Waals surface area contributed by atoms with E-state index >= 15 is 0 Å². The molecule has 2 aromatic rings. The van der Waals surface area contributed by atoms with Crippen LogP contribution in [0.15, 0.2) is 30.5 Å². The molecule has 1 saturated heterocycles. The number of para-hydroxylation sites is 1. The van der Waals surface area contributed by atoms with Crippen LogP contribution in [0.25, 0.3) is 10.9 Å². The van der Waals surface area contributed by atoms with Crippen molar-refractivity contribution in [2.45, 2.75) is 76.1 Å². The molecule has 0 saturated carbocycles. The Morgan fingerprint density at radius 1 is 0.933 bits per heavy atom. The van der Waals surface area contributed by atoms with E-state index < -0.39 is 84.3 Å². The number of ether oxygens (including phenoxy) is 6. The van der Waals surface area contributed by atoms with Crippen LogP contribution in [0.4, 0.5) is 0 Å². The maximum atomic E-state index is 13.1. The number of nitrogens with one attached hydrogen (secondary N) is 2. The number of aromatic nitrogens is 1. The third kappa shape index (κ3) is 9.92. The average molecular weight is 652 g/mol. The summed E-state index contributed by atoms with van der Waals surface area (Å²) in [6.07, 6.45) is -3.27. The number of aromatic amines is 1. The molecule has 1 aliphatic rings. The third-order valence-corrected chi connectivity index (χ3v) is 7.86. The fourth-order valence-corrected chi connectivity index (χ4v) is 5.96. The van der Waals surface area contributed by atoms with Gasteiger partial charge in [0.25, 0.3) is 0 Å². The number of nitrogens with two attached hydrogens (primary N) is 1. The van der Waals surface area contributed by atoms with Crippen LogP contribution < -0.4 is 11.1 Å². The number of hydrogen-bond acceptors (Lipinski definition) is 14. The third-order valence-electron chi connectivity index (χ3n) is 6.63. The average Bonchev–Trinajstić information content (AvgIpc) is 3.38. The van der Waals surface area contributed by atoms with Gasteiger partial charge in [0.2, 0.25) is 5.91 Å². The predicted octanol–water partition coefficient (Wildman–Crippen LogP) is 0.512. The summed E-state index contributed by atoms with van der Waals surface area (Å²) >= 11 is 0.917. The van der Waals surface area contributed by atoms with Gasteiger partial charge in [0, 0.05) is 50.5 Å². The molecule has 0 aliphatic carbocycles. The fourth-order valence-electron chi connectivity index (χ4n) is 4.73. The van der Waals surface area contributed by atoms with Crippen LogP contribution in [-0.4, -0.2) is 102 Å². The lowest BCUT2D eigenvalue weighted by Gasteiger charge is -2.44. The molecule has 45 heavy (non-hydrogen) atoms. The standard InChI is InChI=1S/C29H37N3O12S/c1-14(33)40-12-23-24(41-15(2)34)25(42-16(3)35)26(43-17(4)36)29(44-23)45-13-22(28(38)39-5)32-27(37)20(30)10-18-11-31-21-9-7-6-8-19(18)21/h6-9,11,20,22-26,29,31H,10,12-13,30H2,1-5H3,(H,32,37)/t20-,22-,23+,24+,25-,26+,29+/m0/s1. The Hall–Kier alpha value is -4.15. The zero-order chi connectivity index (χ0) is 33.3. The van der Waals surface area contributed by atoms with Crippen molar-refractivity contribution in [3.63, 3.8) is 0 Å². The Bertz CT molecular complexity index is 1400. The number of rotatable bonds is 13. The van der Waals surface area contributed by atoms with E-state index in [0.717, 1.165) is 63.0 Å². The number of fused-ring (bicyclic) bond motifs is 1. The Morgan fingerprint density at radius 3 is 2.18 bits per heavy atom. The Balaban J connectivity index is 1.82. The number of esters is 5. The fraction of sp³-hybridized carbons (Fsp3) is 0.517. The first kappa shape index (κ1) is 35.3. The van der Waals surface area contributed by atoms with Crippen LogP contribution in [0.2, 0.25) is 0 Å². The number of hydrogen-bond donors (Lipinski definition) is 3. The lowest BCUT2D eigenvalue weighted by atomic mass is 9.99. The van der Waals surface area contributed by atoms with Crippen LogP contribution >= 0.6 is 11.8 Å². The van der Waals surface area contributed by atoms with Gasteiger partial charge >= 0.3 is 29.8 Å². The molecule has 4 N–H and O–H groups in total. The highest BCUT2D eigenvalue weighted by molar-refractivity contribution is 7.99. The Morgan fingerprint density at radius 2 is 1.56 bits per heavy atom. The van der Waals surface area contributed by atoms with Crippen molar-refractivity contribution in [2.24, 2.45) is 5.73 Å². The second kappa shape index (κ2) is 16.2. The molecule has 1 fully saturated rings. The van der Waals surface area contributed by atoms with Crippen LogP contribution in [0.3, 0.4) is 0 Å². The molecule has 1 amide bonds. The summed E-state index contributed by atoms with van der Waals surface area (Å²) < 4.78 is 32.3. The second-order valence-electron chi connectivity index (χ2n) is 10.2. The smallest absolute Gasteiger partial charge is 0.329 e. The summed E-state index contributed by atoms with van der Waals surface area (Å²) in [6, 6.07) is 5.28. The van der Waals surface area contributed by atoms with E-state index in [1.54, 1.807) is 6.20 Å². The van der Waals surface area contributed by atoms with Crippen molar-refractivity contribution in [3.8, 4) is 0 Å². The number of thioether (sulfide) groups is 1. The lowest BCUT2D eigenvalue weighted by molar-refractivity contribution is -0.237. The first-order valence-electron chi connectivity index (χ1n) is 13.9. The number of benzene rings is 1. The van der Waals surface area contributed by atoms with Gasteiger partial charge < -0.3 is 44.5 Å². The number of carbonyl (C=O) groups excluding carboxylic acids is 6. The van der Waals surface area contributed by atoms with Crippen molar-refractivity contribution >= 4 is 58.4 Å². The van der Waals surface area contributed by atoms with Crippen LogP contribution in [0.1, 0.15) is 33.3 Å². The van der Waals surface area contributed by atoms with Gasteiger partial charge in [-0.1, -0.05) is 18.2 Å². The van der Waals surface area contributed by atoms with Crippen molar-refractivity contribution in [3.05, 3.63) is 36.0 Å². The zero-order valence-corrected chi connectivity index (χ0v) is 26.3. The number of methoxy groups -OCH3 is 1. The highest BCUT2D eigenvalue weighted by atomic mass is 32.2. The number of carbonyl (C=O) groups is 6. The highest BCUT2D eigenvalue weighted by Crippen LogP contribution is 2.35. The van der Waals surface area contributed by atoms with E-state index in [-0.39, 0.29) is 12.2 Å². The molecule has 3 rings (SSSR count). The van der Waals surface area contributed by atoms with Gasteiger partial charge in [-0.15, -0.1) is 11.8 Å². The van der Waals surface area contributed by atoms with E-state index in [0.29, 0.717) is 0 Å². The highest BCUT2D eigenvalue weighted by Gasteiger charge is 2.52. The normalized spacial score (nSPS) is 22.4. The van der Waals surface area contributed by atoms with E-state index in [9.17, 15) is 28.8 Å². The number of amides is 1. The summed E-state index contributed by atoms with van der Waals surface area (Å²) in [6.45, 7) is 4.09. The lowest BCUT2D eigenvalue weighted by Crippen LogP contribution is -2.62. The minimum atomic E-state index is -1.38. The molecule has 246 valence electrons. The summed E-state index contributed by atoms with van der Waals surface area (Å²) in [5.41, 5.74) is 6.74. The molecular formula is C29H37N3O12S. The first-order valence-corrected chi connectivity index (χ1v) is 15.0. The Kier molecular flexibility index (Phi) is 12.8. The molecular weight excluding hydrogens is 614 g/mol. The predicted molar refractivity (Wildman–Crippen MR) is 158 cm³/mol. The second-order valence-corrected chi connectivity index (χ2v) is 11.3. The molecule has 1 aliphatic heterocycles. The van der Waals surface area contributed by atoms with E-state index in [1.165, 1.54) is 0 Å². The van der Waals surface area contributed by atoms with Gasteiger partial charge in [-0.25, -0.2) is 4.79 Å². The summed E-state index contributed by atoms with van der Waals surface area (Å²) in [4.78, 5) is 76.6. The summed E-state index contributed by atoms with van der Waals surface area (Å²) in [7, 11) is 1.15.